The number of rotatable bonds is 5. The van der Waals surface area contributed by atoms with Crippen molar-refractivity contribution in [3.8, 4) is 6.07 Å². The molecular weight excluding hydrogens is 516 g/mol. The zero-order valence-electron chi connectivity index (χ0n) is 16.4. The van der Waals surface area contributed by atoms with Gasteiger partial charge in [-0.05, 0) is 61.2 Å². The molecule has 5 nitrogen and oxygen atoms in total. The van der Waals surface area contributed by atoms with E-state index < -0.39 is 33.5 Å². The van der Waals surface area contributed by atoms with Gasteiger partial charge in [0.15, 0.2) is 0 Å². The standard InChI is InChI=1S/C22H16Cl5N3O2/c23-12-6-11(7-13(24)8-12)17-18(22(17,26)27)20(32)29-14-2-3-16(25)15(9-14)19(31)30-21(10-28)4-1-5-21/h2-3,6-9,17-18H,1,4-5H2,(H,29,32)(H,30,31). The van der Waals surface area contributed by atoms with Crippen LogP contribution in [0.5, 0.6) is 0 Å². The summed E-state index contributed by atoms with van der Waals surface area (Å²) in [5.41, 5.74) is 0.299. The van der Waals surface area contributed by atoms with Gasteiger partial charge in [-0.2, -0.15) is 5.26 Å². The van der Waals surface area contributed by atoms with Crippen molar-refractivity contribution in [2.75, 3.05) is 5.32 Å². The Bertz CT molecular complexity index is 1140. The Kier molecular flexibility index (Phi) is 6.30. The van der Waals surface area contributed by atoms with Crippen molar-refractivity contribution in [2.24, 2.45) is 5.92 Å². The summed E-state index contributed by atoms with van der Waals surface area (Å²) < 4.78 is -1.33. The van der Waals surface area contributed by atoms with Gasteiger partial charge in [-0.1, -0.05) is 34.8 Å². The van der Waals surface area contributed by atoms with Gasteiger partial charge in [-0.15, -0.1) is 23.2 Å². The van der Waals surface area contributed by atoms with Crippen LogP contribution in [0.2, 0.25) is 15.1 Å². The molecule has 0 spiro atoms. The molecule has 2 aromatic carbocycles. The molecule has 0 saturated heterocycles. The van der Waals surface area contributed by atoms with Gasteiger partial charge in [0.2, 0.25) is 5.91 Å². The molecule has 10 heteroatoms. The van der Waals surface area contributed by atoms with E-state index in [9.17, 15) is 14.9 Å². The number of nitrogens with zero attached hydrogens (tertiary/aromatic N) is 1. The maximum atomic E-state index is 12.9. The maximum Gasteiger partial charge on any atom is 0.254 e. The molecule has 32 heavy (non-hydrogen) atoms. The molecule has 0 heterocycles. The fraction of sp³-hybridized carbons (Fsp3) is 0.318. The first kappa shape index (κ1) is 23.5. The molecule has 2 amide bonds. The van der Waals surface area contributed by atoms with Crippen LogP contribution in [0.1, 0.15) is 41.1 Å². The molecule has 2 aliphatic carbocycles. The predicted octanol–water partition coefficient (Wildman–Crippen LogP) is 6.35. The number of carbonyl (C=O) groups excluding carboxylic acids is 2. The lowest BCUT2D eigenvalue weighted by atomic mass is 9.78. The first-order valence-electron chi connectivity index (χ1n) is 9.74. The van der Waals surface area contributed by atoms with Gasteiger partial charge in [-0.25, -0.2) is 0 Å². The monoisotopic (exact) mass is 529 g/mol. The Balaban J connectivity index is 1.51. The number of benzene rings is 2. The number of nitriles is 1. The molecule has 2 fully saturated rings. The highest BCUT2D eigenvalue weighted by molar-refractivity contribution is 6.53. The molecule has 0 aliphatic heterocycles. The molecule has 2 unspecified atom stereocenters. The van der Waals surface area contributed by atoms with Crippen LogP contribution in [0.3, 0.4) is 0 Å². The third-order valence-corrected chi connectivity index (χ3v) is 7.54. The molecule has 4 rings (SSSR count). The minimum atomic E-state index is -1.33. The highest BCUT2D eigenvalue weighted by Crippen LogP contribution is 2.65. The lowest BCUT2D eigenvalue weighted by Gasteiger charge is -2.35. The third kappa shape index (κ3) is 4.40. The number of nitrogens with one attached hydrogen (secondary N) is 2. The summed E-state index contributed by atoms with van der Waals surface area (Å²) in [6.07, 6.45) is 2.05. The number of alkyl halides is 2. The van der Waals surface area contributed by atoms with E-state index in [0.29, 0.717) is 34.1 Å². The van der Waals surface area contributed by atoms with Crippen LogP contribution in [-0.4, -0.2) is 21.7 Å². The van der Waals surface area contributed by atoms with E-state index in [2.05, 4.69) is 16.7 Å². The Hall–Kier alpha value is -1.68. The summed E-state index contributed by atoms with van der Waals surface area (Å²) in [5.74, 6) is -2.14. The van der Waals surface area contributed by atoms with E-state index in [-0.39, 0.29) is 10.6 Å². The van der Waals surface area contributed by atoms with E-state index in [1.165, 1.54) is 12.1 Å². The largest absolute Gasteiger partial charge is 0.334 e. The average Bonchev–Trinajstić information content (AvgIpc) is 3.27. The zero-order chi connectivity index (χ0) is 23.3. The van der Waals surface area contributed by atoms with Crippen LogP contribution in [-0.2, 0) is 4.79 Å². The van der Waals surface area contributed by atoms with Crippen molar-refractivity contribution in [2.45, 2.75) is 35.1 Å². The Morgan fingerprint density at radius 1 is 1.03 bits per heavy atom. The SMILES string of the molecule is N#CC1(NC(=O)c2cc(NC(=O)C3C(c4cc(Cl)cc(Cl)c4)C3(Cl)Cl)ccc2Cl)CCC1. The smallest absolute Gasteiger partial charge is 0.254 e. The third-order valence-electron chi connectivity index (χ3n) is 5.83. The van der Waals surface area contributed by atoms with E-state index in [1.807, 2.05) is 0 Å². The number of hydrogen-bond acceptors (Lipinski definition) is 3. The van der Waals surface area contributed by atoms with E-state index in [0.717, 1.165) is 6.42 Å². The maximum absolute atomic E-state index is 12.9. The number of halogens is 5. The second-order valence-electron chi connectivity index (χ2n) is 8.02. The molecule has 0 radical (unpaired) electrons. The Morgan fingerprint density at radius 3 is 2.25 bits per heavy atom. The van der Waals surface area contributed by atoms with Crippen molar-refractivity contribution < 1.29 is 9.59 Å². The van der Waals surface area contributed by atoms with E-state index in [4.69, 9.17) is 58.0 Å². The molecule has 0 aromatic heterocycles. The fourth-order valence-electron chi connectivity index (χ4n) is 3.90. The summed E-state index contributed by atoms with van der Waals surface area (Å²) in [4.78, 5) is 25.6. The number of hydrogen-bond donors (Lipinski definition) is 2. The fourth-order valence-corrected chi connectivity index (χ4v) is 5.47. The minimum Gasteiger partial charge on any atom is -0.334 e. The molecular formula is C22H16Cl5N3O2. The van der Waals surface area contributed by atoms with Crippen molar-refractivity contribution in [1.82, 2.24) is 5.32 Å². The van der Waals surface area contributed by atoms with Gasteiger partial charge in [0.1, 0.15) is 9.87 Å². The Morgan fingerprint density at radius 2 is 1.69 bits per heavy atom. The molecule has 2 N–H and O–H groups in total. The Labute approximate surface area is 209 Å². The second-order valence-corrected chi connectivity index (χ2v) is 10.7. The van der Waals surface area contributed by atoms with E-state index in [1.54, 1.807) is 24.3 Å². The highest BCUT2D eigenvalue weighted by atomic mass is 35.5. The summed E-state index contributed by atoms with van der Waals surface area (Å²) in [6.45, 7) is 0. The van der Waals surface area contributed by atoms with Crippen LogP contribution in [0.15, 0.2) is 36.4 Å². The normalized spacial score (nSPS) is 22.2. The minimum absolute atomic E-state index is 0.156. The quantitative estimate of drug-likeness (QED) is 0.441. The van der Waals surface area contributed by atoms with Crippen LogP contribution < -0.4 is 10.6 Å². The first-order chi connectivity index (χ1) is 15.1. The molecule has 2 atom stereocenters. The summed E-state index contributed by atoms with van der Waals surface area (Å²) in [5, 5.41) is 15.9. The highest BCUT2D eigenvalue weighted by Gasteiger charge is 2.67. The molecule has 0 bridgehead atoms. The van der Waals surface area contributed by atoms with Crippen LogP contribution in [0.4, 0.5) is 5.69 Å². The van der Waals surface area contributed by atoms with Gasteiger partial charge in [0.05, 0.1) is 22.6 Å². The van der Waals surface area contributed by atoms with Crippen molar-refractivity contribution in [1.29, 1.82) is 5.26 Å². The molecule has 166 valence electrons. The summed E-state index contributed by atoms with van der Waals surface area (Å²) in [7, 11) is 0. The molecule has 2 aliphatic rings. The molecule has 2 aromatic rings. The average molecular weight is 532 g/mol. The van der Waals surface area contributed by atoms with Crippen molar-refractivity contribution in [3.63, 3.8) is 0 Å². The van der Waals surface area contributed by atoms with Gasteiger partial charge < -0.3 is 10.6 Å². The van der Waals surface area contributed by atoms with Crippen LogP contribution in [0, 0.1) is 17.2 Å². The summed E-state index contributed by atoms with van der Waals surface area (Å²) in [6, 6.07) is 11.6. The van der Waals surface area contributed by atoms with Gasteiger partial charge in [-0.3, -0.25) is 9.59 Å². The lowest BCUT2D eigenvalue weighted by Crippen LogP contribution is -2.52. The van der Waals surface area contributed by atoms with E-state index >= 15 is 0 Å². The van der Waals surface area contributed by atoms with Gasteiger partial charge >= 0.3 is 0 Å². The molecule has 2 saturated carbocycles. The van der Waals surface area contributed by atoms with Gasteiger partial charge in [0, 0.05) is 21.7 Å². The lowest BCUT2D eigenvalue weighted by molar-refractivity contribution is -0.117. The topological polar surface area (TPSA) is 82.0 Å². The summed E-state index contributed by atoms with van der Waals surface area (Å²) >= 11 is 31.1. The van der Waals surface area contributed by atoms with Crippen LogP contribution >= 0.6 is 58.0 Å². The number of amides is 2. The second kappa shape index (κ2) is 8.59. The predicted molar refractivity (Wildman–Crippen MR) is 127 cm³/mol. The number of carbonyl (C=O) groups is 2. The van der Waals surface area contributed by atoms with Gasteiger partial charge in [0.25, 0.3) is 5.91 Å². The first-order valence-corrected chi connectivity index (χ1v) is 11.6. The van der Waals surface area contributed by atoms with Crippen molar-refractivity contribution in [3.05, 3.63) is 62.6 Å². The zero-order valence-corrected chi connectivity index (χ0v) is 20.2. The number of anilines is 1. The van der Waals surface area contributed by atoms with Crippen LogP contribution in [0.25, 0.3) is 0 Å². The van der Waals surface area contributed by atoms with Crippen molar-refractivity contribution >= 4 is 75.5 Å².